The van der Waals surface area contributed by atoms with Crippen LogP contribution in [0.5, 0.6) is 5.75 Å². The Morgan fingerprint density at radius 1 is 1.21 bits per heavy atom. The van der Waals surface area contributed by atoms with Gasteiger partial charge in [0.15, 0.2) is 0 Å². The fourth-order valence-corrected chi connectivity index (χ4v) is 5.08. The third kappa shape index (κ3) is 2.45. The Hall–Kier alpha value is -2.86. The maximum atomic E-state index is 13.5. The quantitative estimate of drug-likeness (QED) is 0.838. The molecule has 6 heteroatoms. The summed E-state index contributed by atoms with van der Waals surface area (Å²) in [6.07, 6.45) is 1.93. The van der Waals surface area contributed by atoms with Gasteiger partial charge in [-0.15, -0.1) is 0 Å². The first-order valence-corrected chi connectivity index (χ1v) is 10.0. The molecule has 2 heterocycles. The summed E-state index contributed by atoms with van der Waals surface area (Å²) in [7, 11) is 1.61. The topological polar surface area (TPSA) is 78.9 Å². The molecule has 2 atom stereocenters. The minimum Gasteiger partial charge on any atom is -0.497 e. The van der Waals surface area contributed by atoms with Gasteiger partial charge in [0, 0.05) is 12.2 Å². The molecule has 2 amide bonds. The minimum absolute atomic E-state index is 0.0538. The third-order valence-electron chi connectivity index (χ3n) is 6.87. The van der Waals surface area contributed by atoms with Gasteiger partial charge in [-0.1, -0.05) is 30.3 Å². The van der Waals surface area contributed by atoms with Gasteiger partial charge in [-0.05, 0) is 48.6 Å². The van der Waals surface area contributed by atoms with Gasteiger partial charge in [-0.25, -0.2) is 0 Å². The van der Waals surface area contributed by atoms with Gasteiger partial charge in [0.2, 0.25) is 11.8 Å². The number of anilines is 1. The number of rotatable bonds is 4. The van der Waals surface area contributed by atoms with Crippen LogP contribution in [0.4, 0.5) is 5.69 Å². The van der Waals surface area contributed by atoms with E-state index in [1.165, 1.54) is 0 Å². The minimum atomic E-state index is -0.843. The molecule has 0 aromatic heterocycles. The number of carbonyl (C=O) groups excluding carboxylic acids is 2. The first kappa shape index (κ1) is 18.2. The molecule has 1 saturated carbocycles. The Morgan fingerprint density at radius 2 is 2.00 bits per heavy atom. The molecule has 1 aliphatic carbocycles. The number of likely N-dealkylation sites (tertiary alicyclic amines) is 1. The van der Waals surface area contributed by atoms with Crippen molar-refractivity contribution in [2.24, 2.45) is 5.41 Å². The molecular formula is C23H24N2O4. The number of carbonyl (C=O) groups is 2. The van der Waals surface area contributed by atoms with Crippen LogP contribution in [-0.4, -0.2) is 42.1 Å². The predicted molar refractivity (Wildman–Crippen MR) is 108 cm³/mol. The smallest absolute Gasteiger partial charge is 0.237 e. The van der Waals surface area contributed by atoms with Crippen LogP contribution >= 0.6 is 0 Å². The number of methoxy groups -OCH3 is 1. The van der Waals surface area contributed by atoms with E-state index >= 15 is 0 Å². The third-order valence-corrected chi connectivity index (χ3v) is 6.87. The van der Waals surface area contributed by atoms with Crippen LogP contribution in [0, 0.1) is 5.41 Å². The van der Waals surface area contributed by atoms with E-state index in [-0.39, 0.29) is 18.4 Å². The summed E-state index contributed by atoms with van der Waals surface area (Å²) >= 11 is 0. The zero-order valence-corrected chi connectivity index (χ0v) is 16.4. The zero-order valence-electron chi connectivity index (χ0n) is 16.4. The summed E-state index contributed by atoms with van der Waals surface area (Å²) in [5.41, 5.74) is 1.09. The standard InChI is InChI=1S/C23H24N2O4/c1-29-16-6-4-5-15(13-16)19-23(17-7-2-3-8-18(17)24-20(23)27)11-12-25(19)21(28)22(14-26)9-10-22/h2-8,13,19,26H,9-12,14H2,1H3,(H,24,27). The number of benzene rings is 2. The van der Waals surface area contributed by atoms with Crippen LogP contribution in [0.1, 0.15) is 36.4 Å². The van der Waals surface area contributed by atoms with Gasteiger partial charge >= 0.3 is 0 Å². The van der Waals surface area contributed by atoms with Crippen molar-refractivity contribution in [3.63, 3.8) is 0 Å². The molecule has 0 bridgehead atoms. The fourth-order valence-electron chi connectivity index (χ4n) is 5.08. The molecule has 3 aliphatic rings. The highest BCUT2D eigenvalue weighted by molar-refractivity contribution is 6.08. The highest BCUT2D eigenvalue weighted by Gasteiger charge is 2.62. The van der Waals surface area contributed by atoms with Crippen molar-refractivity contribution >= 4 is 17.5 Å². The van der Waals surface area contributed by atoms with E-state index in [0.29, 0.717) is 31.6 Å². The van der Waals surface area contributed by atoms with Gasteiger partial charge in [-0.3, -0.25) is 9.59 Å². The Morgan fingerprint density at radius 3 is 2.72 bits per heavy atom. The molecule has 2 aliphatic heterocycles. The van der Waals surface area contributed by atoms with Crippen LogP contribution in [-0.2, 0) is 15.0 Å². The first-order chi connectivity index (χ1) is 14.1. The molecule has 5 rings (SSSR count). The SMILES string of the molecule is COc1cccc(C2N(C(=O)C3(CO)CC3)CCC23C(=O)Nc2ccccc23)c1. The molecule has 150 valence electrons. The number of fused-ring (bicyclic) bond motifs is 2. The Labute approximate surface area is 169 Å². The van der Waals surface area contributed by atoms with Crippen LogP contribution in [0.2, 0.25) is 0 Å². The number of hydrogen-bond acceptors (Lipinski definition) is 4. The number of amides is 2. The lowest BCUT2D eigenvalue weighted by atomic mass is 9.72. The highest BCUT2D eigenvalue weighted by atomic mass is 16.5. The number of para-hydroxylation sites is 1. The van der Waals surface area contributed by atoms with Crippen molar-refractivity contribution < 1.29 is 19.4 Å². The molecule has 0 radical (unpaired) electrons. The molecule has 6 nitrogen and oxygen atoms in total. The average molecular weight is 392 g/mol. The number of aliphatic hydroxyl groups is 1. The second kappa shape index (κ2) is 6.32. The molecule has 1 spiro atoms. The number of aliphatic hydroxyl groups excluding tert-OH is 1. The van der Waals surface area contributed by atoms with Crippen molar-refractivity contribution in [1.82, 2.24) is 4.90 Å². The van der Waals surface area contributed by atoms with E-state index in [9.17, 15) is 14.7 Å². The number of nitrogens with zero attached hydrogens (tertiary/aromatic N) is 1. The van der Waals surface area contributed by atoms with E-state index in [2.05, 4.69) is 5.32 Å². The number of hydrogen-bond donors (Lipinski definition) is 2. The summed E-state index contributed by atoms with van der Waals surface area (Å²) in [5, 5.41) is 12.9. The van der Waals surface area contributed by atoms with Gasteiger partial charge in [0.05, 0.1) is 25.2 Å². The highest BCUT2D eigenvalue weighted by Crippen LogP contribution is 2.57. The van der Waals surface area contributed by atoms with Crippen molar-refractivity contribution in [3.05, 3.63) is 59.7 Å². The van der Waals surface area contributed by atoms with Gasteiger partial charge in [-0.2, -0.15) is 0 Å². The lowest BCUT2D eigenvalue weighted by Gasteiger charge is -2.36. The van der Waals surface area contributed by atoms with E-state index in [0.717, 1.165) is 16.8 Å². The largest absolute Gasteiger partial charge is 0.497 e. The molecule has 2 aromatic carbocycles. The summed E-state index contributed by atoms with van der Waals surface area (Å²) in [6, 6.07) is 14.9. The van der Waals surface area contributed by atoms with E-state index in [1.807, 2.05) is 53.4 Å². The summed E-state index contributed by atoms with van der Waals surface area (Å²) in [6.45, 7) is 0.327. The summed E-state index contributed by atoms with van der Waals surface area (Å²) < 4.78 is 5.41. The maximum Gasteiger partial charge on any atom is 0.237 e. The second-order valence-electron chi connectivity index (χ2n) is 8.34. The van der Waals surface area contributed by atoms with Crippen LogP contribution < -0.4 is 10.1 Å². The van der Waals surface area contributed by atoms with Gasteiger partial charge in [0.25, 0.3) is 0 Å². The van der Waals surface area contributed by atoms with E-state index < -0.39 is 16.9 Å². The monoisotopic (exact) mass is 392 g/mol. The van der Waals surface area contributed by atoms with Gasteiger partial charge < -0.3 is 20.1 Å². The zero-order chi connectivity index (χ0) is 20.2. The average Bonchev–Trinajstić information content (AvgIpc) is 3.38. The summed E-state index contributed by atoms with van der Waals surface area (Å²) in [4.78, 5) is 28.6. The molecule has 29 heavy (non-hydrogen) atoms. The van der Waals surface area contributed by atoms with Crippen LogP contribution in [0.15, 0.2) is 48.5 Å². The molecule has 2 unspecified atom stereocenters. The molecule has 2 N–H and O–H groups in total. The van der Waals surface area contributed by atoms with Gasteiger partial charge in [0.1, 0.15) is 11.2 Å². The Kier molecular flexibility index (Phi) is 3.96. The van der Waals surface area contributed by atoms with Crippen LogP contribution in [0.3, 0.4) is 0 Å². The van der Waals surface area contributed by atoms with Crippen molar-refractivity contribution in [2.45, 2.75) is 30.7 Å². The fraction of sp³-hybridized carbons (Fsp3) is 0.391. The van der Waals surface area contributed by atoms with Crippen LogP contribution in [0.25, 0.3) is 0 Å². The second-order valence-corrected chi connectivity index (χ2v) is 8.34. The lowest BCUT2D eigenvalue weighted by molar-refractivity contribution is -0.140. The first-order valence-electron chi connectivity index (χ1n) is 10.0. The Balaban J connectivity index is 1.68. The summed E-state index contributed by atoms with van der Waals surface area (Å²) in [5.74, 6) is 0.560. The number of nitrogens with one attached hydrogen (secondary N) is 1. The lowest BCUT2D eigenvalue weighted by Crippen LogP contribution is -2.45. The van der Waals surface area contributed by atoms with E-state index in [4.69, 9.17) is 4.74 Å². The maximum absolute atomic E-state index is 13.5. The van der Waals surface area contributed by atoms with Crippen molar-refractivity contribution in [1.29, 1.82) is 0 Å². The van der Waals surface area contributed by atoms with Crippen molar-refractivity contribution in [2.75, 3.05) is 25.6 Å². The molecular weight excluding hydrogens is 368 g/mol. The normalized spacial score (nSPS) is 26.3. The van der Waals surface area contributed by atoms with E-state index in [1.54, 1.807) is 7.11 Å². The molecule has 2 fully saturated rings. The van der Waals surface area contributed by atoms with Crippen molar-refractivity contribution in [3.8, 4) is 5.75 Å². The number of ether oxygens (including phenoxy) is 1. The molecule has 2 aromatic rings. The molecule has 1 saturated heterocycles. The predicted octanol–water partition coefficient (Wildman–Crippen LogP) is 2.63. The Bertz CT molecular complexity index is 1000.